The van der Waals surface area contributed by atoms with Crippen molar-refractivity contribution in [3.63, 3.8) is 0 Å². The maximum atomic E-state index is 13.2. The number of nitrogens with one attached hydrogen (secondary N) is 3. The molecule has 0 saturated carbocycles. The molecule has 0 saturated heterocycles. The van der Waals surface area contributed by atoms with Gasteiger partial charge in [-0.15, -0.1) is 0 Å². The van der Waals surface area contributed by atoms with Gasteiger partial charge in [-0.05, 0) is 78.9 Å². The molecule has 0 radical (unpaired) electrons. The van der Waals surface area contributed by atoms with Crippen molar-refractivity contribution in [3.8, 4) is 0 Å². The van der Waals surface area contributed by atoms with E-state index in [1.807, 2.05) is 0 Å². The quantitative estimate of drug-likeness (QED) is 0.232. The third-order valence-corrected chi connectivity index (χ3v) is 8.47. The van der Waals surface area contributed by atoms with Crippen LogP contribution in [0.1, 0.15) is 10.4 Å². The first-order valence-electron chi connectivity index (χ1n) is 10.7. The van der Waals surface area contributed by atoms with E-state index < -0.39 is 31.8 Å². The molecule has 4 rings (SSSR count). The Hall–Kier alpha value is -3.64. The van der Waals surface area contributed by atoms with Gasteiger partial charge in [-0.3, -0.25) is 14.2 Å². The van der Waals surface area contributed by atoms with E-state index in [4.69, 9.17) is 23.2 Å². The predicted molar refractivity (Wildman–Crippen MR) is 145 cm³/mol. The van der Waals surface area contributed by atoms with Crippen LogP contribution < -0.4 is 14.8 Å². The molecule has 13 heteroatoms. The number of sulfonamides is 2. The number of carbonyl (C=O) groups is 1. The molecule has 0 aliphatic carbocycles. The van der Waals surface area contributed by atoms with Crippen LogP contribution in [0.2, 0.25) is 10.0 Å². The van der Waals surface area contributed by atoms with Crippen molar-refractivity contribution in [2.24, 2.45) is 0 Å². The zero-order valence-electron chi connectivity index (χ0n) is 19.2. The van der Waals surface area contributed by atoms with Gasteiger partial charge in [0.15, 0.2) is 0 Å². The number of rotatable bonds is 8. The Morgan fingerprint density at radius 1 is 0.684 bits per heavy atom. The van der Waals surface area contributed by atoms with E-state index in [1.54, 1.807) is 0 Å². The second-order valence-electron chi connectivity index (χ2n) is 7.81. The van der Waals surface area contributed by atoms with Gasteiger partial charge < -0.3 is 5.32 Å². The number of anilines is 3. The summed E-state index contributed by atoms with van der Waals surface area (Å²) in [6.45, 7) is 0. The standard InChI is InChI=1S/C25H18Cl2FN3O5S2/c26-16-5-9-18(10-6-16)30-38(35,36)20-13-14-22(27)24(15-20)29-25(32)21-3-1-2-4-23(21)31-37(33,34)19-11-7-17(28)8-12-19/h1-15,30-31H,(H,29,32). The van der Waals surface area contributed by atoms with Crippen molar-refractivity contribution >= 4 is 66.2 Å². The fourth-order valence-electron chi connectivity index (χ4n) is 3.28. The third-order valence-electron chi connectivity index (χ3n) is 5.13. The highest BCUT2D eigenvalue weighted by molar-refractivity contribution is 7.93. The lowest BCUT2D eigenvalue weighted by atomic mass is 10.1. The van der Waals surface area contributed by atoms with Crippen LogP contribution in [0.25, 0.3) is 0 Å². The van der Waals surface area contributed by atoms with Gasteiger partial charge in [-0.1, -0.05) is 35.3 Å². The van der Waals surface area contributed by atoms with Crippen molar-refractivity contribution in [2.45, 2.75) is 9.79 Å². The smallest absolute Gasteiger partial charge is 0.261 e. The van der Waals surface area contributed by atoms with Crippen molar-refractivity contribution in [1.29, 1.82) is 0 Å². The summed E-state index contributed by atoms with van der Waals surface area (Å²) in [6, 6.07) is 19.7. The van der Waals surface area contributed by atoms with Gasteiger partial charge >= 0.3 is 0 Å². The highest BCUT2D eigenvalue weighted by Crippen LogP contribution is 2.28. The molecule has 0 bridgehead atoms. The molecule has 0 aliphatic rings. The lowest BCUT2D eigenvalue weighted by Gasteiger charge is -2.14. The fourth-order valence-corrected chi connectivity index (χ4v) is 5.73. The molecule has 0 heterocycles. The summed E-state index contributed by atoms with van der Waals surface area (Å²) >= 11 is 12.0. The Bertz CT molecular complexity index is 1720. The third kappa shape index (κ3) is 6.43. The first kappa shape index (κ1) is 27.4. The van der Waals surface area contributed by atoms with Gasteiger partial charge in [-0.2, -0.15) is 0 Å². The lowest BCUT2D eigenvalue weighted by Crippen LogP contribution is -2.19. The van der Waals surface area contributed by atoms with Crippen LogP contribution in [-0.2, 0) is 20.0 Å². The van der Waals surface area contributed by atoms with E-state index >= 15 is 0 Å². The van der Waals surface area contributed by atoms with Crippen LogP contribution in [0.15, 0.2) is 101 Å². The summed E-state index contributed by atoms with van der Waals surface area (Å²) in [6.07, 6.45) is 0. The molecule has 196 valence electrons. The predicted octanol–water partition coefficient (Wildman–Crippen LogP) is 5.99. The average Bonchev–Trinajstić information content (AvgIpc) is 2.87. The molecule has 8 nitrogen and oxygen atoms in total. The van der Waals surface area contributed by atoms with Gasteiger partial charge in [0, 0.05) is 10.7 Å². The van der Waals surface area contributed by atoms with Crippen LogP contribution in [-0.4, -0.2) is 22.7 Å². The van der Waals surface area contributed by atoms with Crippen LogP contribution in [0.5, 0.6) is 0 Å². The summed E-state index contributed by atoms with van der Waals surface area (Å²) in [5.74, 6) is -1.36. The maximum absolute atomic E-state index is 13.2. The summed E-state index contributed by atoms with van der Waals surface area (Å²) in [4.78, 5) is 12.7. The second-order valence-corrected chi connectivity index (χ2v) is 12.0. The van der Waals surface area contributed by atoms with E-state index in [0.717, 1.165) is 24.3 Å². The van der Waals surface area contributed by atoms with Crippen molar-refractivity contribution in [3.05, 3.63) is 112 Å². The molecule has 0 aromatic heterocycles. The van der Waals surface area contributed by atoms with Gasteiger partial charge in [-0.25, -0.2) is 21.2 Å². The van der Waals surface area contributed by atoms with E-state index in [1.165, 1.54) is 66.7 Å². The van der Waals surface area contributed by atoms with Crippen LogP contribution in [0.4, 0.5) is 21.5 Å². The highest BCUT2D eigenvalue weighted by Gasteiger charge is 2.21. The molecule has 0 unspecified atom stereocenters. The molecule has 38 heavy (non-hydrogen) atoms. The number of hydrogen-bond acceptors (Lipinski definition) is 5. The number of halogens is 3. The Morgan fingerprint density at radius 2 is 1.29 bits per heavy atom. The minimum Gasteiger partial charge on any atom is -0.321 e. The Balaban J connectivity index is 1.58. The van der Waals surface area contributed by atoms with Gasteiger partial charge in [0.25, 0.3) is 26.0 Å². The first-order valence-corrected chi connectivity index (χ1v) is 14.4. The molecule has 0 fully saturated rings. The number of carbonyl (C=O) groups excluding carboxylic acids is 1. The highest BCUT2D eigenvalue weighted by atomic mass is 35.5. The Labute approximate surface area is 228 Å². The van der Waals surface area contributed by atoms with Crippen LogP contribution >= 0.6 is 23.2 Å². The van der Waals surface area contributed by atoms with Crippen molar-refractivity contribution < 1.29 is 26.0 Å². The number of para-hydroxylation sites is 1. The number of hydrogen-bond donors (Lipinski definition) is 3. The lowest BCUT2D eigenvalue weighted by molar-refractivity contribution is 0.102. The van der Waals surface area contributed by atoms with E-state index in [9.17, 15) is 26.0 Å². The molecular weight excluding hydrogens is 576 g/mol. The molecule has 0 aliphatic heterocycles. The number of amides is 1. The molecule has 4 aromatic rings. The fraction of sp³-hybridized carbons (Fsp3) is 0. The maximum Gasteiger partial charge on any atom is 0.261 e. The van der Waals surface area contributed by atoms with Crippen LogP contribution in [0.3, 0.4) is 0 Å². The molecule has 0 spiro atoms. The van der Waals surface area contributed by atoms with E-state index in [2.05, 4.69) is 14.8 Å². The first-order chi connectivity index (χ1) is 17.9. The molecule has 4 aromatic carbocycles. The van der Waals surface area contributed by atoms with Crippen molar-refractivity contribution in [1.82, 2.24) is 0 Å². The zero-order valence-corrected chi connectivity index (χ0v) is 22.3. The monoisotopic (exact) mass is 593 g/mol. The van der Waals surface area contributed by atoms with E-state index in [-0.39, 0.29) is 37.4 Å². The molecule has 0 atom stereocenters. The molecule has 1 amide bonds. The SMILES string of the molecule is O=C(Nc1cc(S(=O)(=O)Nc2ccc(Cl)cc2)ccc1Cl)c1ccccc1NS(=O)(=O)c1ccc(F)cc1. The summed E-state index contributed by atoms with van der Waals surface area (Å²) in [7, 11) is -8.20. The minimum atomic E-state index is -4.14. The summed E-state index contributed by atoms with van der Waals surface area (Å²) in [5, 5.41) is 3.00. The normalized spacial score (nSPS) is 11.6. The van der Waals surface area contributed by atoms with Gasteiger partial charge in [0.05, 0.1) is 31.8 Å². The molecule has 3 N–H and O–H groups in total. The average molecular weight is 594 g/mol. The molecular formula is C25H18Cl2FN3O5S2. The van der Waals surface area contributed by atoms with E-state index in [0.29, 0.717) is 5.02 Å². The largest absolute Gasteiger partial charge is 0.321 e. The Kier molecular flexibility index (Phi) is 7.93. The topological polar surface area (TPSA) is 121 Å². The summed E-state index contributed by atoms with van der Waals surface area (Å²) < 4.78 is 69.2. The summed E-state index contributed by atoms with van der Waals surface area (Å²) in [5.41, 5.74) is 0.129. The van der Waals surface area contributed by atoms with Crippen molar-refractivity contribution in [2.75, 3.05) is 14.8 Å². The van der Waals surface area contributed by atoms with Gasteiger partial charge in [0.1, 0.15) is 5.82 Å². The number of benzene rings is 4. The van der Waals surface area contributed by atoms with Gasteiger partial charge in [0.2, 0.25) is 0 Å². The second kappa shape index (κ2) is 11.0. The van der Waals surface area contributed by atoms with Crippen LogP contribution in [0, 0.1) is 5.82 Å². The Morgan fingerprint density at radius 3 is 1.97 bits per heavy atom. The zero-order chi connectivity index (χ0) is 27.5. The minimum absolute atomic E-state index is 0.0214.